The number of hydrogen-bond donors (Lipinski definition) is 1. The number of benzene rings is 2. The van der Waals surface area contributed by atoms with Crippen molar-refractivity contribution in [3.8, 4) is 0 Å². The quantitative estimate of drug-likeness (QED) is 0.881. The van der Waals surface area contributed by atoms with Crippen molar-refractivity contribution < 1.29 is 8.42 Å². The molecular formula is C15H16ClNO2S. The second-order valence-corrected chi connectivity index (χ2v) is 7.37. The normalized spacial score (nSPS) is 11.5. The molecule has 0 aliphatic carbocycles. The van der Waals surface area contributed by atoms with Gasteiger partial charge >= 0.3 is 0 Å². The van der Waals surface area contributed by atoms with Crippen LogP contribution in [0.25, 0.3) is 0 Å². The zero-order chi connectivity index (χ0) is 14.8. The van der Waals surface area contributed by atoms with Crippen LogP contribution >= 0.6 is 11.6 Å². The average molecular weight is 310 g/mol. The van der Waals surface area contributed by atoms with Gasteiger partial charge in [0.2, 0.25) is 0 Å². The Morgan fingerprint density at radius 1 is 1.10 bits per heavy atom. The third-order valence-corrected chi connectivity index (χ3v) is 4.71. The summed E-state index contributed by atoms with van der Waals surface area (Å²) >= 11 is 5.88. The molecule has 0 fully saturated rings. The van der Waals surface area contributed by atoms with Gasteiger partial charge in [0.1, 0.15) is 0 Å². The topological polar surface area (TPSA) is 60.2 Å². The Morgan fingerprint density at radius 3 is 2.55 bits per heavy atom. The minimum Gasteiger partial charge on any atom is -0.398 e. The molecule has 0 spiro atoms. The molecule has 0 aliphatic heterocycles. The van der Waals surface area contributed by atoms with Gasteiger partial charge in [-0.05, 0) is 36.2 Å². The molecular weight excluding hydrogens is 294 g/mol. The van der Waals surface area contributed by atoms with Gasteiger partial charge in [-0.15, -0.1) is 0 Å². The molecule has 0 aromatic heterocycles. The number of nitrogen functional groups attached to an aromatic ring is 1. The maximum atomic E-state index is 12.2. The molecule has 5 heteroatoms. The minimum absolute atomic E-state index is 0.000628. The molecule has 2 aromatic rings. The smallest absolute Gasteiger partial charge is 0.158 e. The summed E-state index contributed by atoms with van der Waals surface area (Å²) in [6.07, 6.45) is 0. The summed E-state index contributed by atoms with van der Waals surface area (Å²) in [6, 6.07) is 12.3. The summed E-state index contributed by atoms with van der Waals surface area (Å²) in [5.41, 5.74) is 8.61. The number of halogens is 1. The van der Waals surface area contributed by atoms with Crippen molar-refractivity contribution in [3.63, 3.8) is 0 Å². The number of hydrogen-bond acceptors (Lipinski definition) is 3. The fraction of sp³-hybridized carbons (Fsp3) is 0.200. The second-order valence-electron chi connectivity index (χ2n) is 4.86. The molecule has 0 amide bonds. The molecule has 0 atom stereocenters. The number of sulfone groups is 1. The van der Waals surface area contributed by atoms with Crippen LogP contribution < -0.4 is 5.73 Å². The lowest BCUT2D eigenvalue weighted by molar-refractivity contribution is 0.594. The van der Waals surface area contributed by atoms with Crippen molar-refractivity contribution in [3.05, 3.63) is 64.2 Å². The van der Waals surface area contributed by atoms with E-state index < -0.39 is 9.84 Å². The van der Waals surface area contributed by atoms with E-state index in [1.807, 2.05) is 31.2 Å². The first-order valence-electron chi connectivity index (χ1n) is 6.15. The Bertz CT molecular complexity index is 726. The van der Waals surface area contributed by atoms with Crippen molar-refractivity contribution in [1.82, 2.24) is 0 Å². The highest BCUT2D eigenvalue weighted by Crippen LogP contribution is 2.22. The Labute approximate surface area is 124 Å². The van der Waals surface area contributed by atoms with Gasteiger partial charge in [0, 0.05) is 10.7 Å². The first-order valence-corrected chi connectivity index (χ1v) is 8.35. The van der Waals surface area contributed by atoms with E-state index in [2.05, 4.69) is 0 Å². The molecule has 3 nitrogen and oxygen atoms in total. The molecule has 106 valence electrons. The van der Waals surface area contributed by atoms with E-state index in [9.17, 15) is 8.42 Å². The predicted molar refractivity (Wildman–Crippen MR) is 83.4 cm³/mol. The van der Waals surface area contributed by atoms with E-state index in [0.717, 1.165) is 11.1 Å². The third kappa shape index (κ3) is 3.99. The monoisotopic (exact) mass is 309 g/mol. The van der Waals surface area contributed by atoms with Crippen molar-refractivity contribution in [2.24, 2.45) is 0 Å². The average Bonchev–Trinajstić information content (AvgIpc) is 2.33. The van der Waals surface area contributed by atoms with E-state index in [1.54, 1.807) is 18.2 Å². The van der Waals surface area contributed by atoms with Crippen molar-refractivity contribution in [2.45, 2.75) is 18.4 Å². The van der Waals surface area contributed by atoms with Crippen molar-refractivity contribution in [1.29, 1.82) is 0 Å². The van der Waals surface area contributed by atoms with Gasteiger partial charge in [0.05, 0.1) is 11.5 Å². The summed E-state index contributed by atoms with van der Waals surface area (Å²) in [7, 11) is -3.28. The molecule has 0 saturated heterocycles. The Morgan fingerprint density at radius 2 is 1.85 bits per heavy atom. The lowest BCUT2D eigenvalue weighted by Crippen LogP contribution is -2.09. The molecule has 0 saturated carbocycles. The molecule has 20 heavy (non-hydrogen) atoms. The maximum absolute atomic E-state index is 12.2. The third-order valence-electron chi connectivity index (χ3n) is 2.95. The largest absolute Gasteiger partial charge is 0.398 e. The lowest BCUT2D eigenvalue weighted by Gasteiger charge is -2.08. The molecule has 0 unspecified atom stereocenters. The number of anilines is 1. The van der Waals surface area contributed by atoms with E-state index in [4.69, 9.17) is 17.3 Å². The zero-order valence-corrected chi connectivity index (χ0v) is 12.7. The van der Waals surface area contributed by atoms with Crippen LogP contribution in [-0.4, -0.2) is 8.42 Å². The summed E-state index contributed by atoms with van der Waals surface area (Å²) < 4.78 is 24.5. The van der Waals surface area contributed by atoms with Crippen LogP contribution in [0.15, 0.2) is 42.5 Å². The van der Waals surface area contributed by atoms with Gasteiger partial charge in [0.25, 0.3) is 0 Å². The summed E-state index contributed by atoms with van der Waals surface area (Å²) in [5, 5.41) is 0.486. The highest BCUT2D eigenvalue weighted by molar-refractivity contribution is 7.89. The Kier molecular flexibility index (Phi) is 4.35. The molecule has 0 heterocycles. The number of aryl methyl sites for hydroxylation is 1. The summed E-state index contributed by atoms with van der Waals surface area (Å²) in [4.78, 5) is 0. The number of rotatable bonds is 4. The van der Waals surface area contributed by atoms with Gasteiger partial charge in [-0.1, -0.05) is 41.4 Å². The lowest BCUT2D eigenvalue weighted by atomic mass is 10.2. The minimum atomic E-state index is -3.28. The van der Waals surface area contributed by atoms with E-state index in [0.29, 0.717) is 16.3 Å². The van der Waals surface area contributed by atoms with Gasteiger partial charge in [0.15, 0.2) is 9.84 Å². The first-order chi connectivity index (χ1) is 9.35. The van der Waals surface area contributed by atoms with Gasteiger partial charge in [-0.3, -0.25) is 0 Å². The standard InChI is InChI=1S/C15H16ClNO2S/c1-11-3-2-4-12(7-11)9-20(18,19)10-13-8-14(16)5-6-15(13)17/h2-8H,9-10,17H2,1H3. The van der Waals surface area contributed by atoms with Crippen LogP contribution in [0.2, 0.25) is 5.02 Å². The highest BCUT2D eigenvalue weighted by atomic mass is 35.5. The van der Waals surface area contributed by atoms with Crippen LogP contribution in [0.3, 0.4) is 0 Å². The van der Waals surface area contributed by atoms with E-state index in [1.165, 1.54) is 0 Å². The first kappa shape index (κ1) is 14.9. The van der Waals surface area contributed by atoms with Crippen LogP contribution in [0.1, 0.15) is 16.7 Å². The summed E-state index contributed by atoms with van der Waals surface area (Å²) in [5.74, 6) is -0.103. The molecule has 0 bridgehead atoms. The fourth-order valence-electron chi connectivity index (χ4n) is 2.04. The molecule has 2 aromatic carbocycles. The molecule has 0 radical (unpaired) electrons. The SMILES string of the molecule is Cc1cccc(CS(=O)(=O)Cc2cc(Cl)ccc2N)c1. The van der Waals surface area contributed by atoms with E-state index in [-0.39, 0.29) is 11.5 Å². The highest BCUT2D eigenvalue weighted by Gasteiger charge is 2.15. The molecule has 2 rings (SSSR count). The Balaban J connectivity index is 2.21. The summed E-state index contributed by atoms with van der Waals surface area (Å²) in [6.45, 7) is 1.94. The van der Waals surface area contributed by atoms with Crippen molar-refractivity contribution in [2.75, 3.05) is 5.73 Å². The fourth-order valence-corrected chi connectivity index (χ4v) is 3.75. The van der Waals surface area contributed by atoms with Gasteiger partial charge < -0.3 is 5.73 Å². The maximum Gasteiger partial charge on any atom is 0.158 e. The second kappa shape index (κ2) is 5.85. The van der Waals surface area contributed by atoms with Crippen molar-refractivity contribution >= 4 is 27.1 Å². The van der Waals surface area contributed by atoms with Crippen LogP contribution in [0, 0.1) is 6.92 Å². The Hall–Kier alpha value is -1.52. The van der Waals surface area contributed by atoms with Gasteiger partial charge in [-0.25, -0.2) is 8.42 Å². The predicted octanol–water partition coefficient (Wildman–Crippen LogP) is 3.35. The van der Waals surface area contributed by atoms with Crippen LogP contribution in [0.4, 0.5) is 5.69 Å². The zero-order valence-electron chi connectivity index (χ0n) is 11.1. The van der Waals surface area contributed by atoms with E-state index >= 15 is 0 Å². The van der Waals surface area contributed by atoms with Crippen LogP contribution in [0.5, 0.6) is 0 Å². The van der Waals surface area contributed by atoms with Crippen LogP contribution in [-0.2, 0) is 21.3 Å². The van der Waals surface area contributed by atoms with Gasteiger partial charge in [-0.2, -0.15) is 0 Å². The molecule has 0 aliphatic rings. The number of nitrogens with two attached hydrogens (primary N) is 1. The molecule has 2 N–H and O–H groups in total.